The van der Waals surface area contributed by atoms with Gasteiger partial charge < -0.3 is 15.5 Å². The van der Waals surface area contributed by atoms with E-state index in [2.05, 4.69) is 56.7 Å². The van der Waals surface area contributed by atoms with Crippen LogP contribution in [0, 0.1) is 0 Å². The lowest BCUT2D eigenvalue weighted by Gasteiger charge is -2.20. The van der Waals surface area contributed by atoms with Crippen LogP contribution in [0.3, 0.4) is 0 Å². The zero-order valence-electron chi connectivity index (χ0n) is 15.5. The smallest absolute Gasteiger partial charge is 0.227 e. The van der Waals surface area contributed by atoms with E-state index in [1.165, 1.54) is 0 Å². The molecule has 0 spiro atoms. The number of anilines is 3. The van der Waals surface area contributed by atoms with Gasteiger partial charge in [0.15, 0.2) is 0 Å². The molecule has 6 heteroatoms. The van der Waals surface area contributed by atoms with Gasteiger partial charge in [-0.1, -0.05) is 12.1 Å². The van der Waals surface area contributed by atoms with Crippen LogP contribution in [-0.4, -0.2) is 40.6 Å². The predicted octanol–water partition coefficient (Wildman–Crippen LogP) is 3.47. The first-order valence-corrected chi connectivity index (χ1v) is 9.37. The number of rotatable bonds is 4. The second-order valence-corrected chi connectivity index (χ2v) is 6.81. The molecule has 0 aliphatic carbocycles. The van der Waals surface area contributed by atoms with Crippen molar-refractivity contribution < 1.29 is 0 Å². The molecule has 1 saturated heterocycles. The lowest BCUT2D eigenvalue weighted by molar-refractivity contribution is 0.566. The van der Waals surface area contributed by atoms with Gasteiger partial charge in [0, 0.05) is 50.0 Å². The van der Waals surface area contributed by atoms with Gasteiger partial charge in [-0.15, -0.1) is 0 Å². The average molecular weight is 360 g/mol. The molecule has 27 heavy (non-hydrogen) atoms. The van der Waals surface area contributed by atoms with Crippen LogP contribution in [0.2, 0.25) is 0 Å². The fourth-order valence-corrected chi connectivity index (χ4v) is 3.22. The summed E-state index contributed by atoms with van der Waals surface area (Å²) in [5.74, 6) is 1.59. The van der Waals surface area contributed by atoms with Crippen molar-refractivity contribution in [2.45, 2.75) is 19.4 Å². The second kappa shape index (κ2) is 8.14. The largest absolute Gasteiger partial charge is 0.340 e. The molecule has 138 valence electrons. The van der Waals surface area contributed by atoms with Crippen LogP contribution in [0.4, 0.5) is 17.5 Å². The van der Waals surface area contributed by atoms with Gasteiger partial charge in [-0.05, 0) is 54.8 Å². The summed E-state index contributed by atoms with van der Waals surface area (Å²) in [6.45, 7) is 5.07. The molecule has 0 amide bonds. The molecule has 0 radical (unpaired) electrons. The first kappa shape index (κ1) is 17.4. The third-order valence-electron chi connectivity index (χ3n) is 4.80. The SMILES string of the molecule is CC1CCN(c2nccc(Nc3ccc(-c4ccncc4)cc3)n2)CCN1. The number of benzene rings is 1. The Morgan fingerprint density at radius 1 is 0.963 bits per heavy atom. The molecule has 1 unspecified atom stereocenters. The molecule has 1 aliphatic rings. The fourth-order valence-electron chi connectivity index (χ4n) is 3.22. The molecule has 2 N–H and O–H groups in total. The minimum Gasteiger partial charge on any atom is -0.340 e. The monoisotopic (exact) mass is 360 g/mol. The lowest BCUT2D eigenvalue weighted by Crippen LogP contribution is -2.30. The number of hydrogen-bond donors (Lipinski definition) is 2. The summed E-state index contributed by atoms with van der Waals surface area (Å²) in [4.78, 5) is 15.5. The van der Waals surface area contributed by atoms with Crippen LogP contribution in [0.25, 0.3) is 11.1 Å². The quantitative estimate of drug-likeness (QED) is 0.743. The zero-order chi connectivity index (χ0) is 18.5. The topological polar surface area (TPSA) is 66.0 Å². The maximum absolute atomic E-state index is 4.71. The molecule has 6 nitrogen and oxygen atoms in total. The van der Waals surface area contributed by atoms with Crippen molar-refractivity contribution in [2.75, 3.05) is 29.9 Å². The zero-order valence-corrected chi connectivity index (χ0v) is 15.5. The Labute approximate surface area is 159 Å². The highest BCUT2D eigenvalue weighted by molar-refractivity contribution is 5.67. The van der Waals surface area contributed by atoms with Gasteiger partial charge in [-0.25, -0.2) is 4.98 Å². The molecule has 3 aromatic rings. The third kappa shape index (κ3) is 4.41. The first-order chi connectivity index (χ1) is 13.3. The second-order valence-electron chi connectivity index (χ2n) is 6.81. The van der Waals surface area contributed by atoms with Gasteiger partial charge in [-0.3, -0.25) is 4.98 Å². The van der Waals surface area contributed by atoms with E-state index in [9.17, 15) is 0 Å². The normalized spacial score (nSPS) is 17.4. The molecule has 3 heterocycles. The van der Waals surface area contributed by atoms with E-state index < -0.39 is 0 Å². The van der Waals surface area contributed by atoms with Gasteiger partial charge in [0.1, 0.15) is 5.82 Å². The van der Waals surface area contributed by atoms with Gasteiger partial charge in [0.05, 0.1) is 0 Å². The Morgan fingerprint density at radius 2 is 1.74 bits per heavy atom. The maximum Gasteiger partial charge on any atom is 0.227 e. The van der Waals surface area contributed by atoms with Crippen LogP contribution in [-0.2, 0) is 0 Å². The van der Waals surface area contributed by atoms with Crippen LogP contribution in [0.15, 0.2) is 61.1 Å². The van der Waals surface area contributed by atoms with Gasteiger partial charge in [0.2, 0.25) is 5.95 Å². The lowest BCUT2D eigenvalue weighted by atomic mass is 10.1. The van der Waals surface area contributed by atoms with E-state index in [1.54, 1.807) is 0 Å². The number of pyridine rings is 1. The molecular weight excluding hydrogens is 336 g/mol. The van der Waals surface area contributed by atoms with Gasteiger partial charge >= 0.3 is 0 Å². The number of nitrogens with one attached hydrogen (secondary N) is 2. The molecule has 4 rings (SSSR count). The van der Waals surface area contributed by atoms with Crippen LogP contribution < -0.4 is 15.5 Å². The van der Waals surface area contributed by atoms with Crippen LogP contribution >= 0.6 is 0 Å². The highest BCUT2D eigenvalue weighted by Crippen LogP contribution is 2.23. The van der Waals surface area contributed by atoms with E-state index in [1.807, 2.05) is 36.8 Å². The summed E-state index contributed by atoms with van der Waals surface area (Å²) in [6, 6.07) is 14.8. The Kier molecular flexibility index (Phi) is 5.25. The Hall–Kier alpha value is -2.99. The van der Waals surface area contributed by atoms with Crippen molar-refractivity contribution in [1.82, 2.24) is 20.3 Å². The standard InChI is InChI=1S/C21H24N6/c1-16-9-14-27(15-13-23-16)21-24-12-8-20(26-21)25-19-4-2-17(3-5-19)18-6-10-22-11-7-18/h2-8,10-12,16,23H,9,13-15H2,1H3,(H,24,25,26). The average Bonchev–Trinajstić information content (AvgIpc) is 2.94. The summed E-state index contributed by atoms with van der Waals surface area (Å²) in [6.07, 6.45) is 6.53. The number of hydrogen-bond acceptors (Lipinski definition) is 6. The molecule has 1 fully saturated rings. The minimum atomic E-state index is 0.537. The van der Waals surface area contributed by atoms with Crippen molar-refractivity contribution in [3.63, 3.8) is 0 Å². The summed E-state index contributed by atoms with van der Waals surface area (Å²) >= 11 is 0. The summed E-state index contributed by atoms with van der Waals surface area (Å²) in [7, 11) is 0. The van der Waals surface area contributed by atoms with Crippen LogP contribution in [0.1, 0.15) is 13.3 Å². The Balaban J connectivity index is 1.46. The molecule has 2 aromatic heterocycles. The maximum atomic E-state index is 4.71. The Morgan fingerprint density at radius 3 is 2.56 bits per heavy atom. The summed E-state index contributed by atoms with van der Waals surface area (Å²) in [5, 5.41) is 6.88. The molecular formula is C21H24N6. The minimum absolute atomic E-state index is 0.537. The molecule has 1 atom stereocenters. The fraction of sp³-hybridized carbons (Fsp3) is 0.286. The van der Waals surface area contributed by atoms with Crippen molar-refractivity contribution in [1.29, 1.82) is 0 Å². The highest BCUT2D eigenvalue weighted by Gasteiger charge is 2.15. The third-order valence-corrected chi connectivity index (χ3v) is 4.80. The molecule has 0 bridgehead atoms. The Bertz CT molecular complexity index is 865. The molecule has 0 saturated carbocycles. The first-order valence-electron chi connectivity index (χ1n) is 9.37. The van der Waals surface area contributed by atoms with Crippen molar-refractivity contribution >= 4 is 17.5 Å². The van der Waals surface area contributed by atoms with E-state index in [0.29, 0.717) is 6.04 Å². The predicted molar refractivity (Wildman–Crippen MR) is 109 cm³/mol. The molecule has 1 aliphatic heterocycles. The van der Waals surface area contributed by atoms with Crippen LogP contribution in [0.5, 0.6) is 0 Å². The van der Waals surface area contributed by atoms with Crippen molar-refractivity contribution in [2.24, 2.45) is 0 Å². The summed E-state index contributed by atoms with van der Waals surface area (Å²) in [5.41, 5.74) is 3.32. The van der Waals surface area contributed by atoms with E-state index in [0.717, 1.165) is 54.6 Å². The van der Waals surface area contributed by atoms with Gasteiger partial charge in [-0.2, -0.15) is 4.98 Å². The summed E-state index contributed by atoms with van der Waals surface area (Å²) < 4.78 is 0. The number of aromatic nitrogens is 3. The molecule has 1 aromatic carbocycles. The van der Waals surface area contributed by atoms with E-state index in [-0.39, 0.29) is 0 Å². The number of nitrogens with zero attached hydrogens (tertiary/aromatic N) is 4. The highest BCUT2D eigenvalue weighted by atomic mass is 15.3. The van der Waals surface area contributed by atoms with E-state index >= 15 is 0 Å². The van der Waals surface area contributed by atoms with Crippen molar-refractivity contribution in [3.05, 3.63) is 61.1 Å². The van der Waals surface area contributed by atoms with Gasteiger partial charge in [0.25, 0.3) is 0 Å². The van der Waals surface area contributed by atoms with Crippen molar-refractivity contribution in [3.8, 4) is 11.1 Å². The van der Waals surface area contributed by atoms with E-state index in [4.69, 9.17) is 4.98 Å².